The average molecular weight is 550 g/mol. The molecular formula is C29H37F2NO5S. The maximum Gasteiger partial charge on any atom is 0.348 e. The van der Waals surface area contributed by atoms with Gasteiger partial charge in [0, 0.05) is 18.6 Å². The largest absolute Gasteiger partial charge is 0.477 e. The third-order valence-corrected chi connectivity index (χ3v) is 9.72. The number of hydrogen-bond donors (Lipinski definition) is 1. The highest BCUT2D eigenvalue weighted by Crippen LogP contribution is 2.50. The molecule has 1 unspecified atom stereocenters. The molecule has 5 rings (SSSR count). The quantitative estimate of drug-likeness (QED) is 0.415. The summed E-state index contributed by atoms with van der Waals surface area (Å²) in [4.78, 5) is 28.5. The second-order valence-electron chi connectivity index (χ2n) is 11.6. The Morgan fingerprint density at radius 2 is 1.82 bits per heavy atom. The summed E-state index contributed by atoms with van der Waals surface area (Å²) < 4.78 is 38.5. The molecule has 0 bridgehead atoms. The third kappa shape index (κ3) is 6.08. The summed E-state index contributed by atoms with van der Waals surface area (Å²) in [6, 6.07) is 1.51. The zero-order chi connectivity index (χ0) is 26.9. The first kappa shape index (κ1) is 27.5. The third-order valence-electron chi connectivity index (χ3n) is 8.69. The van der Waals surface area contributed by atoms with E-state index in [-0.39, 0.29) is 35.0 Å². The predicted octanol–water partition coefficient (Wildman–Crippen LogP) is 6.12. The van der Waals surface area contributed by atoms with Crippen LogP contribution in [0, 0.1) is 29.1 Å². The Kier molecular flexibility index (Phi) is 8.42. The van der Waals surface area contributed by atoms with Crippen molar-refractivity contribution in [2.24, 2.45) is 17.3 Å². The molecule has 1 aromatic heterocycles. The van der Waals surface area contributed by atoms with Crippen molar-refractivity contribution in [1.29, 1.82) is 0 Å². The molecule has 1 aromatic rings. The molecule has 1 aliphatic heterocycles. The van der Waals surface area contributed by atoms with Crippen LogP contribution >= 0.6 is 11.3 Å². The number of nitrogens with zero attached hydrogens (tertiary/aromatic N) is 1. The van der Waals surface area contributed by atoms with E-state index in [9.17, 15) is 23.5 Å². The molecule has 0 aromatic carbocycles. The van der Waals surface area contributed by atoms with E-state index in [1.807, 2.05) is 0 Å². The molecule has 2 heterocycles. The van der Waals surface area contributed by atoms with Crippen molar-refractivity contribution in [3.63, 3.8) is 0 Å². The minimum atomic E-state index is -2.52. The Bertz CT molecular complexity index is 1070. The first-order valence-electron chi connectivity index (χ1n) is 14.0. The first-order valence-corrected chi connectivity index (χ1v) is 14.8. The number of rotatable bonds is 7. The van der Waals surface area contributed by atoms with Gasteiger partial charge in [-0.1, -0.05) is 18.8 Å². The molecule has 9 heteroatoms. The van der Waals surface area contributed by atoms with Gasteiger partial charge in [-0.15, -0.1) is 11.3 Å². The van der Waals surface area contributed by atoms with E-state index in [1.54, 1.807) is 11.0 Å². The Hall–Kier alpha value is -2.02. The van der Waals surface area contributed by atoms with Gasteiger partial charge in [0.05, 0.1) is 34.8 Å². The number of hydrogen-bond acceptors (Lipinski definition) is 5. The zero-order valence-corrected chi connectivity index (χ0v) is 22.7. The van der Waals surface area contributed by atoms with E-state index in [0.29, 0.717) is 35.9 Å². The highest BCUT2D eigenvalue weighted by molar-refractivity contribution is 7.15. The number of ether oxygens (including phenoxy) is 2. The summed E-state index contributed by atoms with van der Waals surface area (Å²) in [6.07, 6.45) is 5.91. The number of amides is 1. The van der Waals surface area contributed by atoms with Gasteiger partial charge in [-0.25, -0.2) is 13.6 Å². The smallest absolute Gasteiger partial charge is 0.348 e. The van der Waals surface area contributed by atoms with Gasteiger partial charge in [-0.05, 0) is 82.6 Å². The van der Waals surface area contributed by atoms with Crippen LogP contribution in [-0.2, 0) is 14.3 Å². The van der Waals surface area contributed by atoms with Crippen molar-refractivity contribution < 1.29 is 33.0 Å². The van der Waals surface area contributed by atoms with Crippen molar-refractivity contribution in [2.75, 3.05) is 18.1 Å². The Labute approximate surface area is 227 Å². The molecule has 1 amide bonds. The number of aromatic carboxylic acids is 1. The summed E-state index contributed by atoms with van der Waals surface area (Å²) in [7, 11) is 0. The van der Waals surface area contributed by atoms with Crippen molar-refractivity contribution in [3.05, 3.63) is 15.8 Å². The van der Waals surface area contributed by atoms with E-state index in [4.69, 9.17) is 9.47 Å². The fraction of sp³-hybridized carbons (Fsp3) is 0.724. The number of thiophene rings is 1. The molecule has 4 fully saturated rings. The molecule has 0 spiro atoms. The maximum absolute atomic E-state index is 14.0. The number of anilines is 1. The number of carbonyl (C=O) groups excluding carboxylic acids is 1. The van der Waals surface area contributed by atoms with Crippen LogP contribution in [0.1, 0.15) is 92.1 Å². The normalized spacial score (nSPS) is 30.5. The molecule has 38 heavy (non-hydrogen) atoms. The average Bonchev–Trinajstić information content (AvgIpc) is 3.31. The van der Waals surface area contributed by atoms with E-state index in [1.165, 1.54) is 0 Å². The minimum Gasteiger partial charge on any atom is -0.477 e. The van der Waals surface area contributed by atoms with Gasteiger partial charge in [-0.3, -0.25) is 4.79 Å². The predicted molar refractivity (Wildman–Crippen MR) is 141 cm³/mol. The molecule has 1 atom stereocenters. The van der Waals surface area contributed by atoms with Crippen LogP contribution < -0.4 is 4.90 Å². The lowest BCUT2D eigenvalue weighted by Crippen LogP contribution is -2.47. The van der Waals surface area contributed by atoms with Gasteiger partial charge < -0.3 is 19.5 Å². The van der Waals surface area contributed by atoms with Crippen molar-refractivity contribution in [2.45, 2.75) is 102 Å². The molecule has 6 nitrogen and oxygen atoms in total. The van der Waals surface area contributed by atoms with Crippen molar-refractivity contribution in [1.82, 2.24) is 0 Å². The van der Waals surface area contributed by atoms with Gasteiger partial charge in [0.1, 0.15) is 4.88 Å². The highest BCUT2D eigenvalue weighted by atomic mass is 32.1. The second-order valence-corrected chi connectivity index (χ2v) is 12.6. The SMILES string of the molecule is C[C@H]1CC[C@H](C(=O)N(c2cc(C#CC3(C(F)F)CC3)sc2C(=O)O)[C@H]2CC[C@H](OC3CCOC3)CC2)CC1. The molecule has 208 valence electrons. The van der Waals surface area contributed by atoms with E-state index in [2.05, 4.69) is 18.8 Å². The standard InChI is InChI=1S/C29H37F2NO5S/c1-18-2-4-19(5-3-18)26(33)32(20-6-8-21(9-7-20)37-22-11-15-36-17-22)24-16-23(38-25(24)27(34)35)10-12-29(13-14-29)28(30)31/h16,18-22,28H,2-9,11,13-15,17H2,1H3,(H,34,35)/t18-,19-,20-,21-,22?. The van der Waals surface area contributed by atoms with Crippen LogP contribution in [-0.4, -0.2) is 54.9 Å². The summed E-state index contributed by atoms with van der Waals surface area (Å²) in [6.45, 7) is 3.55. The van der Waals surface area contributed by atoms with Crippen LogP contribution in [0.5, 0.6) is 0 Å². The van der Waals surface area contributed by atoms with Crippen LogP contribution in [0.25, 0.3) is 0 Å². The van der Waals surface area contributed by atoms with Crippen LogP contribution in [0.2, 0.25) is 0 Å². The topological polar surface area (TPSA) is 76.1 Å². The fourth-order valence-corrected chi connectivity index (χ4v) is 6.87. The van der Waals surface area contributed by atoms with Gasteiger partial charge in [0.2, 0.25) is 5.91 Å². The molecule has 3 aliphatic carbocycles. The number of carboxylic acids is 1. The Balaban J connectivity index is 1.40. The van der Waals surface area contributed by atoms with Gasteiger partial charge in [0.15, 0.2) is 0 Å². The molecule has 1 saturated heterocycles. The molecule has 0 radical (unpaired) electrons. The summed E-state index contributed by atoms with van der Waals surface area (Å²) in [5.74, 6) is 4.84. The van der Waals surface area contributed by atoms with Gasteiger partial charge >= 0.3 is 5.97 Å². The molecular weight excluding hydrogens is 512 g/mol. The van der Waals surface area contributed by atoms with Crippen molar-refractivity contribution in [3.8, 4) is 11.8 Å². The lowest BCUT2D eigenvalue weighted by atomic mass is 9.81. The Morgan fingerprint density at radius 1 is 1.11 bits per heavy atom. The van der Waals surface area contributed by atoms with Crippen LogP contribution in [0.15, 0.2) is 6.07 Å². The Morgan fingerprint density at radius 3 is 2.39 bits per heavy atom. The van der Waals surface area contributed by atoms with Crippen molar-refractivity contribution >= 4 is 28.9 Å². The summed E-state index contributed by atoms with van der Waals surface area (Å²) >= 11 is 0.976. The highest BCUT2D eigenvalue weighted by Gasteiger charge is 2.50. The van der Waals surface area contributed by atoms with Crippen LogP contribution in [0.3, 0.4) is 0 Å². The molecule has 3 saturated carbocycles. The number of alkyl halides is 2. The first-order chi connectivity index (χ1) is 18.3. The van der Waals surface area contributed by atoms with Gasteiger partial charge in [0.25, 0.3) is 6.43 Å². The number of halogens is 2. The van der Waals surface area contributed by atoms with E-state index in [0.717, 1.165) is 75.7 Å². The van der Waals surface area contributed by atoms with Gasteiger partial charge in [-0.2, -0.15) is 0 Å². The minimum absolute atomic E-state index is 0.0171. The number of carboxylic acid groups (broad SMARTS) is 1. The molecule has 4 aliphatic rings. The lowest BCUT2D eigenvalue weighted by Gasteiger charge is -2.39. The maximum atomic E-state index is 14.0. The monoisotopic (exact) mass is 549 g/mol. The second kappa shape index (κ2) is 11.6. The fourth-order valence-electron chi connectivity index (χ4n) is 6.02. The lowest BCUT2D eigenvalue weighted by molar-refractivity contribution is -0.124. The van der Waals surface area contributed by atoms with E-state index < -0.39 is 17.8 Å². The number of carbonyl (C=O) groups is 2. The summed E-state index contributed by atoms with van der Waals surface area (Å²) in [5, 5.41) is 10.1. The van der Waals surface area contributed by atoms with E-state index >= 15 is 0 Å². The zero-order valence-electron chi connectivity index (χ0n) is 21.9. The summed E-state index contributed by atoms with van der Waals surface area (Å²) in [5.41, 5.74) is -0.907. The molecule has 1 N–H and O–H groups in total. The van der Waals surface area contributed by atoms with Crippen LogP contribution in [0.4, 0.5) is 14.5 Å².